The summed E-state index contributed by atoms with van der Waals surface area (Å²) in [5, 5.41) is 0. The number of hydrogen-bond acceptors (Lipinski definition) is 2. The molecule has 0 unspecified atom stereocenters. The van der Waals surface area contributed by atoms with Crippen LogP contribution in [0.1, 0.15) is 66.2 Å². The molecule has 0 saturated carbocycles. The fourth-order valence-corrected chi connectivity index (χ4v) is 4.44. The zero-order valence-corrected chi connectivity index (χ0v) is 21.1. The molecular formula is C21H48O2Si2. The van der Waals surface area contributed by atoms with Gasteiger partial charge in [-0.3, -0.25) is 0 Å². The second-order valence-corrected chi connectivity index (χ2v) is 19.9. The quantitative estimate of drug-likeness (QED) is 0.290. The SMILES string of the molecule is CC(C)CCCC(CCCC(C)C)(CO[Si](C)(C)C)CO[Si](C)(C)C. The van der Waals surface area contributed by atoms with Gasteiger partial charge in [-0.1, -0.05) is 53.4 Å². The molecule has 25 heavy (non-hydrogen) atoms. The first-order valence-corrected chi connectivity index (χ1v) is 17.3. The molecule has 2 nitrogen and oxygen atoms in total. The van der Waals surface area contributed by atoms with Crippen molar-refractivity contribution in [3.63, 3.8) is 0 Å². The molecule has 0 aliphatic carbocycles. The molecule has 0 aromatic heterocycles. The highest BCUT2D eigenvalue weighted by Gasteiger charge is 2.34. The van der Waals surface area contributed by atoms with Crippen LogP contribution in [0.4, 0.5) is 0 Å². The van der Waals surface area contributed by atoms with Gasteiger partial charge in [0.15, 0.2) is 16.6 Å². The van der Waals surface area contributed by atoms with Crippen molar-refractivity contribution in [1.82, 2.24) is 0 Å². The third-order valence-corrected chi connectivity index (χ3v) is 6.62. The Morgan fingerprint density at radius 1 is 0.640 bits per heavy atom. The van der Waals surface area contributed by atoms with E-state index in [1.165, 1.54) is 38.5 Å². The lowest BCUT2D eigenvalue weighted by molar-refractivity contribution is 0.0492. The maximum Gasteiger partial charge on any atom is 0.183 e. The van der Waals surface area contributed by atoms with Crippen molar-refractivity contribution in [2.75, 3.05) is 13.2 Å². The van der Waals surface area contributed by atoms with Crippen molar-refractivity contribution in [2.45, 2.75) is 106 Å². The Labute approximate surface area is 161 Å². The molecule has 0 fully saturated rings. The van der Waals surface area contributed by atoms with E-state index in [1.54, 1.807) is 0 Å². The van der Waals surface area contributed by atoms with E-state index in [-0.39, 0.29) is 5.41 Å². The van der Waals surface area contributed by atoms with Crippen molar-refractivity contribution >= 4 is 16.6 Å². The van der Waals surface area contributed by atoms with Crippen molar-refractivity contribution in [2.24, 2.45) is 17.3 Å². The van der Waals surface area contributed by atoms with Crippen LogP contribution in [0.5, 0.6) is 0 Å². The maximum absolute atomic E-state index is 6.45. The van der Waals surface area contributed by atoms with Crippen LogP contribution in [0, 0.1) is 17.3 Å². The first-order chi connectivity index (χ1) is 11.2. The third kappa shape index (κ3) is 15.1. The molecular weight excluding hydrogens is 340 g/mol. The lowest BCUT2D eigenvalue weighted by Crippen LogP contribution is -2.41. The molecule has 4 heteroatoms. The number of hydrogen-bond donors (Lipinski definition) is 0. The second-order valence-electron chi connectivity index (χ2n) is 10.9. The van der Waals surface area contributed by atoms with Crippen LogP contribution in [0.2, 0.25) is 39.3 Å². The zero-order valence-electron chi connectivity index (χ0n) is 19.1. The molecule has 0 heterocycles. The van der Waals surface area contributed by atoms with E-state index in [0.29, 0.717) is 0 Å². The highest BCUT2D eigenvalue weighted by Crippen LogP contribution is 2.35. The van der Waals surface area contributed by atoms with Crippen LogP contribution in [0.3, 0.4) is 0 Å². The van der Waals surface area contributed by atoms with Crippen LogP contribution in [-0.2, 0) is 8.85 Å². The molecule has 0 radical (unpaired) electrons. The molecule has 0 spiro atoms. The smallest absolute Gasteiger partial charge is 0.183 e. The molecule has 0 atom stereocenters. The summed E-state index contributed by atoms with van der Waals surface area (Å²) in [4.78, 5) is 0. The second kappa shape index (κ2) is 11.3. The average molecular weight is 389 g/mol. The van der Waals surface area contributed by atoms with Gasteiger partial charge in [-0.25, -0.2) is 0 Å². The third-order valence-electron chi connectivity index (χ3n) is 4.60. The maximum atomic E-state index is 6.45. The van der Waals surface area contributed by atoms with Crippen LogP contribution in [0.25, 0.3) is 0 Å². The number of rotatable bonds is 14. The van der Waals surface area contributed by atoms with Gasteiger partial charge in [0.2, 0.25) is 0 Å². The Hall–Kier alpha value is 0.354. The van der Waals surface area contributed by atoms with E-state index in [0.717, 1.165) is 25.0 Å². The van der Waals surface area contributed by atoms with Crippen molar-refractivity contribution < 1.29 is 8.85 Å². The first-order valence-electron chi connectivity index (χ1n) is 10.5. The molecule has 0 aliphatic heterocycles. The van der Waals surface area contributed by atoms with E-state index >= 15 is 0 Å². The Kier molecular flexibility index (Phi) is 11.4. The molecule has 0 amide bonds. The highest BCUT2D eigenvalue weighted by atomic mass is 28.4. The van der Waals surface area contributed by atoms with Crippen LogP contribution in [-0.4, -0.2) is 29.8 Å². The molecule has 0 aromatic carbocycles. The minimum absolute atomic E-state index is 0.213. The summed E-state index contributed by atoms with van der Waals surface area (Å²) >= 11 is 0. The molecule has 0 N–H and O–H groups in total. The van der Waals surface area contributed by atoms with Crippen molar-refractivity contribution in [1.29, 1.82) is 0 Å². The standard InChI is InChI=1S/C21H48O2Si2/c1-19(2)13-11-15-21(16-12-14-20(3)4,17-22-24(5,6)7)18-23-25(8,9)10/h19-20H,11-18H2,1-10H3. The first kappa shape index (κ1) is 25.4. The summed E-state index contributed by atoms with van der Waals surface area (Å²) in [6.07, 6.45) is 7.71. The monoisotopic (exact) mass is 388 g/mol. The van der Waals surface area contributed by atoms with Gasteiger partial charge >= 0.3 is 0 Å². The van der Waals surface area contributed by atoms with Crippen LogP contribution in [0.15, 0.2) is 0 Å². The Morgan fingerprint density at radius 2 is 0.960 bits per heavy atom. The van der Waals surface area contributed by atoms with Gasteiger partial charge in [-0.05, 0) is 64.0 Å². The fourth-order valence-electron chi connectivity index (χ4n) is 2.97. The highest BCUT2D eigenvalue weighted by molar-refractivity contribution is 6.70. The lowest BCUT2D eigenvalue weighted by Gasteiger charge is -2.38. The summed E-state index contributed by atoms with van der Waals surface area (Å²) in [6.45, 7) is 24.9. The summed E-state index contributed by atoms with van der Waals surface area (Å²) in [6, 6.07) is 0. The van der Waals surface area contributed by atoms with E-state index in [9.17, 15) is 0 Å². The summed E-state index contributed by atoms with van der Waals surface area (Å²) in [5.41, 5.74) is 0.213. The van der Waals surface area contributed by atoms with E-state index < -0.39 is 16.6 Å². The Balaban J connectivity index is 5.12. The summed E-state index contributed by atoms with van der Waals surface area (Å²) < 4.78 is 12.9. The largest absolute Gasteiger partial charge is 0.417 e. The van der Waals surface area contributed by atoms with Crippen LogP contribution < -0.4 is 0 Å². The van der Waals surface area contributed by atoms with Gasteiger partial charge in [0, 0.05) is 18.6 Å². The van der Waals surface area contributed by atoms with E-state index in [4.69, 9.17) is 8.85 Å². The molecule has 0 aromatic rings. The Morgan fingerprint density at radius 3 is 1.20 bits per heavy atom. The van der Waals surface area contributed by atoms with Gasteiger partial charge in [-0.2, -0.15) is 0 Å². The molecule has 0 bridgehead atoms. The van der Waals surface area contributed by atoms with Gasteiger partial charge < -0.3 is 8.85 Å². The Bertz CT molecular complexity index is 307. The molecule has 0 saturated heterocycles. The molecule has 0 aliphatic rings. The van der Waals surface area contributed by atoms with E-state index in [1.807, 2.05) is 0 Å². The van der Waals surface area contributed by atoms with Gasteiger partial charge in [0.25, 0.3) is 0 Å². The fraction of sp³-hybridized carbons (Fsp3) is 1.00. The van der Waals surface area contributed by atoms with Gasteiger partial charge in [0.1, 0.15) is 0 Å². The predicted octanol–water partition coefficient (Wildman–Crippen LogP) is 7.33. The van der Waals surface area contributed by atoms with Gasteiger partial charge in [0.05, 0.1) is 0 Å². The van der Waals surface area contributed by atoms with Gasteiger partial charge in [-0.15, -0.1) is 0 Å². The lowest BCUT2D eigenvalue weighted by atomic mass is 9.78. The minimum Gasteiger partial charge on any atom is -0.417 e. The normalized spacial score (nSPS) is 13.9. The molecule has 152 valence electrons. The summed E-state index contributed by atoms with van der Waals surface area (Å²) in [7, 11) is -3.02. The topological polar surface area (TPSA) is 18.5 Å². The predicted molar refractivity (Wildman–Crippen MR) is 118 cm³/mol. The van der Waals surface area contributed by atoms with Crippen LogP contribution >= 0.6 is 0 Å². The minimum atomic E-state index is -1.51. The van der Waals surface area contributed by atoms with Crippen molar-refractivity contribution in [3.05, 3.63) is 0 Å². The van der Waals surface area contributed by atoms with Crippen molar-refractivity contribution in [3.8, 4) is 0 Å². The zero-order chi connectivity index (χ0) is 19.7. The average Bonchev–Trinajstić information content (AvgIpc) is 2.40. The molecule has 0 rings (SSSR count). The summed E-state index contributed by atoms with van der Waals surface area (Å²) in [5.74, 6) is 1.56. The van der Waals surface area contributed by atoms with E-state index in [2.05, 4.69) is 67.0 Å².